The summed E-state index contributed by atoms with van der Waals surface area (Å²) in [6.45, 7) is 7.23. The van der Waals surface area contributed by atoms with Crippen LogP contribution < -0.4 is 11.1 Å². The standard InChI is InChI=1S/C21H24N4O2/c1-15(20(14-22)21(23)26)16-2-3-18-13-19(5-4-17(18)12-16)24-6-7-25-8-10-27-11-9-25/h2-5,12-13,24H,6-11H2,1H3,(H2,23,26)/b20-15+. The predicted molar refractivity (Wildman–Crippen MR) is 107 cm³/mol. The lowest BCUT2D eigenvalue weighted by Gasteiger charge is -2.26. The average molecular weight is 364 g/mol. The number of nitrogens with two attached hydrogens (primary N) is 1. The van der Waals surface area contributed by atoms with Gasteiger partial charge in [0.1, 0.15) is 11.6 Å². The van der Waals surface area contributed by atoms with Crippen molar-refractivity contribution in [1.82, 2.24) is 4.90 Å². The molecule has 0 bridgehead atoms. The molecule has 2 aromatic rings. The molecule has 1 saturated heterocycles. The summed E-state index contributed by atoms with van der Waals surface area (Å²) in [4.78, 5) is 13.8. The minimum absolute atomic E-state index is 0.00394. The number of hydrogen-bond acceptors (Lipinski definition) is 5. The van der Waals surface area contributed by atoms with Gasteiger partial charge in [0.2, 0.25) is 0 Å². The number of nitrogens with one attached hydrogen (secondary N) is 1. The van der Waals surface area contributed by atoms with E-state index in [4.69, 9.17) is 15.7 Å². The maximum absolute atomic E-state index is 11.4. The number of morpholine rings is 1. The van der Waals surface area contributed by atoms with Crippen LogP contribution in [0.5, 0.6) is 0 Å². The molecule has 2 aromatic carbocycles. The van der Waals surface area contributed by atoms with Gasteiger partial charge >= 0.3 is 0 Å². The van der Waals surface area contributed by atoms with Crippen LogP contribution in [0.15, 0.2) is 42.0 Å². The van der Waals surface area contributed by atoms with Gasteiger partial charge in [-0.3, -0.25) is 9.69 Å². The summed E-state index contributed by atoms with van der Waals surface area (Å²) in [6, 6.07) is 14.0. The van der Waals surface area contributed by atoms with Crippen LogP contribution in [0.1, 0.15) is 12.5 Å². The molecule has 140 valence electrons. The first-order valence-electron chi connectivity index (χ1n) is 9.07. The van der Waals surface area contributed by atoms with Crippen molar-refractivity contribution >= 4 is 27.9 Å². The molecule has 3 rings (SSSR count). The van der Waals surface area contributed by atoms with Crippen molar-refractivity contribution in [1.29, 1.82) is 5.26 Å². The Morgan fingerprint density at radius 2 is 1.93 bits per heavy atom. The fourth-order valence-corrected chi connectivity index (χ4v) is 3.24. The maximum Gasteiger partial charge on any atom is 0.259 e. The first-order chi connectivity index (χ1) is 13.1. The quantitative estimate of drug-likeness (QED) is 0.606. The van der Waals surface area contributed by atoms with Crippen LogP contribution in [0.4, 0.5) is 5.69 Å². The molecule has 0 radical (unpaired) electrons. The van der Waals surface area contributed by atoms with Gasteiger partial charge in [-0.05, 0) is 47.0 Å². The molecule has 3 N–H and O–H groups in total. The second kappa shape index (κ2) is 8.67. The average Bonchev–Trinajstić information content (AvgIpc) is 2.68. The molecule has 6 nitrogen and oxygen atoms in total. The third-order valence-electron chi connectivity index (χ3n) is 4.87. The van der Waals surface area contributed by atoms with Gasteiger partial charge in [0.05, 0.1) is 13.2 Å². The first-order valence-corrected chi connectivity index (χ1v) is 9.07. The molecular formula is C21H24N4O2. The molecule has 6 heteroatoms. The highest BCUT2D eigenvalue weighted by Crippen LogP contribution is 2.25. The zero-order valence-corrected chi connectivity index (χ0v) is 15.5. The monoisotopic (exact) mass is 364 g/mol. The molecule has 0 unspecified atom stereocenters. The second-order valence-corrected chi connectivity index (χ2v) is 6.63. The highest BCUT2D eigenvalue weighted by molar-refractivity contribution is 6.04. The van der Waals surface area contributed by atoms with Crippen molar-refractivity contribution in [2.24, 2.45) is 5.73 Å². The minimum Gasteiger partial charge on any atom is -0.384 e. The van der Waals surface area contributed by atoms with Crippen molar-refractivity contribution in [2.75, 3.05) is 44.7 Å². The fourth-order valence-electron chi connectivity index (χ4n) is 3.24. The number of hydrogen-bond donors (Lipinski definition) is 2. The van der Waals surface area contributed by atoms with Gasteiger partial charge in [-0.1, -0.05) is 18.2 Å². The Kier molecular flexibility index (Phi) is 6.07. The number of fused-ring (bicyclic) bond motifs is 1. The minimum atomic E-state index is -0.699. The van der Waals surface area contributed by atoms with Crippen molar-refractivity contribution < 1.29 is 9.53 Å². The van der Waals surface area contributed by atoms with Gasteiger partial charge in [0.25, 0.3) is 5.91 Å². The van der Waals surface area contributed by atoms with E-state index in [2.05, 4.69) is 16.3 Å². The predicted octanol–water partition coefficient (Wildman–Crippen LogP) is 2.37. The second-order valence-electron chi connectivity index (χ2n) is 6.63. The van der Waals surface area contributed by atoms with E-state index in [0.717, 1.165) is 61.4 Å². The first kappa shape index (κ1) is 18.9. The number of amides is 1. The lowest BCUT2D eigenvalue weighted by Crippen LogP contribution is -2.38. The SMILES string of the molecule is C/C(=C(/C#N)C(N)=O)c1ccc2cc(NCCN3CCOCC3)ccc2c1. The summed E-state index contributed by atoms with van der Waals surface area (Å²) in [6.07, 6.45) is 0. The van der Waals surface area contributed by atoms with Gasteiger partial charge in [0.15, 0.2) is 0 Å². The molecule has 0 spiro atoms. The number of rotatable bonds is 6. The maximum atomic E-state index is 11.4. The third kappa shape index (κ3) is 4.64. The number of primary amides is 1. The topological polar surface area (TPSA) is 91.4 Å². The van der Waals surface area contributed by atoms with E-state index < -0.39 is 5.91 Å². The van der Waals surface area contributed by atoms with Gasteiger partial charge in [-0.15, -0.1) is 0 Å². The highest BCUT2D eigenvalue weighted by atomic mass is 16.5. The van der Waals surface area contributed by atoms with Crippen LogP contribution in [0.2, 0.25) is 0 Å². The van der Waals surface area contributed by atoms with Gasteiger partial charge in [-0.2, -0.15) is 5.26 Å². The molecular weight excluding hydrogens is 340 g/mol. The van der Waals surface area contributed by atoms with Crippen LogP contribution in [0.3, 0.4) is 0 Å². The Hall–Kier alpha value is -2.88. The van der Waals surface area contributed by atoms with Gasteiger partial charge in [-0.25, -0.2) is 0 Å². The third-order valence-corrected chi connectivity index (χ3v) is 4.87. The summed E-state index contributed by atoms with van der Waals surface area (Å²) in [7, 11) is 0. The van der Waals surface area contributed by atoms with Crippen molar-refractivity contribution in [2.45, 2.75) is 6.92 Å². The number of anilines is 1. The lowest BCUT2D eigenvalue weighted by molar-refractivity contribution is -0.114. The number of ether oxygens (including phenoxy) is 1. The smallest absolute Gasteiger partial charge is 0.259 e. The van der Waals surface area contributed by atoms with Crippen molar-refractivity contribution in [3.05, 3.63) is 47.5 Å². The number of nitrogens with zero attached hydrogens (tertiary/aromatic N) is 2. The van der Waals surface area contributed by atoms with Crippen LogP contribution in [-0.4, -0.2) is 50.2 Å². The van der Waals surface area contributed by atoms with E-state index in [1.54, 1.807) is 6.92 Å². The van der Waals surface area contributed by atoms with Crippen LogP contribution >= 0.6 is 0 Å². The summed E-state index contributed by atoms with van der Waals surface area (Å²) in [5.41, 5.74) is 7.77. The van der Waals surface area contributed by atoms with E-state index >= 15 is 0 Å². The molecule has 1 aliphatic rings. The molecule has 0 saturated carbocycles. The molecule has 1 aliphatic heterocycles. The zero-order chi connectivity index (χ0) is 19.2. The molecule has 0 aromatic heterocycles. The number of nitriles is 1. The zero-order valence-electron chi connectivity index (χ0n) is 15.5. The highest BCUT2D eigenvalue weighted by Gasteiger charge is 2.11. The lowest BCUT2D eigenvalue weighted by atomic mass is 9.98. The Bertz CT molecular complexity index is 908. The Morgan fingerprint density at radius 3 is 2.63 bits per heavy atom. The number of benzene rings is 2. The van der Waals surface area contributed by atoms with Gasteiger partial charge in [0, 0.05) is 31.9 Å². The molecule has 1 amide bonds. The fraction of sp³-hybridized carbons (Fsp3) is 0.333. The van der Waals surface area contributed by atoms with E-state index in [-0.39, 0.29) is 5.57 Å². The Balaban J connectivity index is 1.71. The molecule has 0 atom stereocenters. The summed E-state index contributed by atoms with van der Waals surface area (Å²) >= 11 is 0. The summed E-state index contributed by atoms with van der Waals surface area (Å²) in [5.74, 6) is -0.699. The van der Waals surface area contributed by atoms with E-state index in [1.807, 2.05) is 36.4 Å². The van der Waals surface area contributed by atoms with E-state index in [9.17, 15) is 4.79 Å². The van der Waals surface area contributed by atoms with Crippen LogP contribution in [0.25, 0.3) is 16.3 Å². The Labute approximate surface area is 159 Å². The van der Waals surface area contributed by atoms with Crippen molar-refractivity contribution in [3.8, 4) is 6.07 Å². The van der Waals surface area contributed by atoms with Crippen LogP contribution in [0, 0.1) is 11.3 Å². The largest absolute Gasteiger partial charge is 0.384 e. The Morgan fingerprint density at radius 1 is 1.22 bits per heavy atom. The molecule has 1 fully saturated rings. The number of allylic oxidation sites excluding steroid dienone is 1. The normalized spacial score (nSPS) is 15.9. The summed E-state index contributed by atoms with van der Waals surface area (Å²) < 4.78 is 5.37. The van der Waals surface area contributed by atoms with Crippen LogP contribution in [-0.2, 0) is 9.53 Å². The molecule has 1 heterocycles. The van der Waals surface area contributed by atoms with E-state index in [1.165, 1.54) is 0 Å². The molecule has 0 aliphatic carbocycles. The summed E-state index contributed by atoms with van der Waals surface area (Å²) in [5, 5.41) is 14.7. The van der Waals surface area contributed by atoms with E-state index in [0.29, 0.717) is 5.57 Å². The van der Waals surface area contributed by atoms with Gasteiger partial charge < -0.3 is 15.8 Å². The number of carbonyl (C=O) groups is 1. The molecule has 27 heavy (non-hydrogen) atoms. The number of carbonyl (C=O) groups excluding carboxylic acids is 1. The van der Waals surface area contributed by atoms with Crippen molar-refractivity contribution in [3.63, 3.8) is 0 Å².